The maximum Gasteiger partial charge on any atom is 0.125 e. The van der Waals surface area contributed by atoms with Crippen LogP contribution in [0.2, 0.25) is 0 Å². The first-order valence-electron chi connectivity index (χ1n) is 6.66. The van der Waals surface area contributed by atoms with Crippen LogP contribution in [0.3, 0.4) is 0 Å². The molecular formula is C16H22O2. The number of allylic oxidation sites excluding steroid dienone is 1. The second kappa shape index (κ2) is 6.05. The molecule has 0 aromatic heterocycles. The lowest BCUT2D eigenvalue weighted by molar-refractivity contribution is -0.0229. The van der Waals surface area contributed by atoms with Gasteiger partial charge in [-0.15, -0.1) is 0 Å². The molecule has 98 valence electrons. The van der Waals surface area contributed by atoms with Crippen LogP contribution in [0.25, 0.3) is 5.57 Å². The zero-order chi connectivity index (χ0) is 13.0. The van der Waals surface area contributed by atoms with Gasteiger partial charge < -0.3 is 9.47 Å². The van der Waals surface area contributed by atoms with Crippen molar-refractivity contribution in [1.29, 1.82) is 0 Å². The maximum absolute atomic E-state index is 6.04. The lowest BCUT2D eigenvalue weighted by Gasteiger charge is -2.30. The van der Waals surface area contributed by atoms with E-state index in [-0.39, 0.29) is 12.2 Å². The highest BCUT2D eigenvalue weighted by molar-refractivity contribution is 5.61. The molecular weight excluding hydrogens is 224 g/mol. The number of methoxy groups -OCH3 is 1. The first-order chi connectivity index (χ1) is 8.70. The van der Waals surface area contributed by atoms with Crippen LogP contribution >= 0.6 is 0 Å². The molecule has 1 aliphatic carbocycles. The lowest BCUT2D eigenvalue weighted by Crippen LogP contribution is -2.36. The van der Waals surface area contributed by atoms with E-state index in [1.807, 2.05) is 19.1 Å². The molecule has 0 spiro atoms. The third-order valence-electron chi connectivity index (χ3n) is 3.58. The molecule has 0 bridgehead atoms. The quantitative estimate of drug-likeness (QED) is 0.797. The average molecular weight is 246 g/mol. The van der Waals surface area contributed by atoms with Crippen LogP contribution in [0.1, 0.15) is 38.2 Å². The smallest absolute Gasteiger partial charge is 0.125 e. The van der Waals surface area contributed by atoms with E-state index >= 15 is 0 Å². The summed E-state index contributed by atoms with van der Waals surface area (Å²) in [5, 5.41) is 0. The van der Waals surface area contributed by atoms with Gasteiger partial charge in [0.05, 0.1) is 6.10 Å². The Hall–Kier alpha value is -1.28. The summed E-state index contributed by atoms with van der Waals surface area (Å²) in [5.41, 5.74) is 2.24. The Kier molecular flexibility index (Phi) is 4.43. The highest BCUT2D eigenvalue weighted by atomic mass is 16.5. The minimum atomic E-state index is 0.194. The molecule has 1 aromatic rings. The largest absolute Gasteiger partial charge is 0.488 e. The minimum absolute atomic E-state index is 0.194. The second-order valence-corrected chi connectivity index (χ2v) is 5.02. The summed E-state index contributed by atoms with van der Waals surface area (Å²) in [6, 6.07) is 8.15. The van der Waals surface area contributed by atoms with E-state index in [0.29, 0.717) is 0 Å². The Morgan fingerprint density at radius 3 is 2.28 bits per heavy atom. The van der Waals surface area contributed by atoms with Gasteiger partial charge >= 0.3 is 0 Å². The summed E-state index contributed by atoms with van der Waals surface area (Å²) in [7, 11) is 1.77. The third kappa shape index (κ3) is 3.14. The van der Waals surface area contributed by atoms with Crippen LogP contribution in [-0.4, -0.2) is 19.3 Å². The molecule has 0 aliphatic heterocycles. The van der Waals surface area contributed by atoms with Gasteiger partial charge in [-0.05, 0) is 43.9 Å². The molecule has 1 aromatic carbocycles. The van der Waals surface area contributed by atoms with Crippen LogP contribution < -0.4 is 4.74 Å². The summed E-state index contributed by atoms with van der Waals surface area (Å²) in [6.07, 6.45) is 5.09. The number of rotatable bonds is 4. The van der Waals surface area contributed by atoms with Crippen molar-refractivity contribution in [1.82, 2.24) is 0 Å². The number of benzene rings is 1. The summed E-state index contributed by atoms with van der Waals surface area (Å²) < 4.78 is 11.5. The topological polar surface area (TPSA) is 18.5 Å². The molecule has 0 amide bonds. The SMILES string of the molecule is C=C(C)c1ccc(OC2CCCCC2OC)cc1. The molecule has 1 saturated carbocycles. The predicted octanol–water partition coefficient (Wildman–Crippen LogP) is 4.06. The average Bonchev–Trinajstić information content (AvgIpc) is 2.40. The Labute approximate surface area is 110 Å². The van der Waals surface area contributed by atoms with Crippen molar-refractivity contribution in [2.75, 3.05) is 7.11 Å². The summed E-state index contributed by atoms with van der Waals surface area (Å²) in [5.74, 6) is 0.925. The van der Waals surface area contributed by atoms with E-state index in [0.717, 1.165) is 29.7 Å². The number of hydrogen-bond donors (Lipinski definition) is 0. The van der Waals surface area contributed by atoms with Gasteiger partial charge in [0.1, 0.15) is 11.9 Å². The monoisotopic (exact) mass is 246 g/mol. The fourth-order valence-corrected chi connectivity index (χ4v) is 2.46. The predicted molar refractivity (Wildman–Crippen MR) is 74.8 cm³/mol. The van der Waals surface area contributed by atoms with Gasteiger partial charge in [-0.25, -0.2) is 0 Å². The van der Waals surface area contributed by atoms with Crippen LogP contribution in [0.5, 0.6) is 5.75 Å². The van der Waals surface area contributed by atoms with Gasteiger partial charge in [0.25, 0.3) is 0 Å². The molecule has 0 saturated heterocycles. The summed E-state index contributed by atoms with van der Waals surface area (Å²) in [4.78, 5) is 0. The Morgan fingerprint density at radius 2 is 1.72 bits per heavy atom. The first-order valence-corrected chi connectivity index (χ1v) is 6.66. The van der Waals surface area contributed by atoms with Crippen molar-refractivity contribution in [2.45, 2.75) is 44.8 Å². The van der Waals surface area contributed by atoms with Gasteiger partial charge in [0.2, 0.25) is 0 Å². The summed E-state index contributed by atoms with van der Waals surface area (Å²) in [6.45, 7) is 5.95. The van der Waals surface area contributed by atoms with Crippen molar-refractivity contribution in [2.24, 2.45) is 0 Å². The first kappa shape index (κ1) is 13.2. The van der Waals surface area contributed by atoms with E-state index in [1.54, 1.807) is 7.11 Å². The fourth-order valence-electron chi connectivity index (χ4n) is 2.46. The van der Waals surface area contributed by atoms with Crippen molar-refractivity contribution < 1.29 is 9.47 Å². The van der Waals surface area contributed by atoms with E-state index in [4.69, 9.17) is 9.47 Å². The summed E-state index contributed by atoms with van der Waals surface area (Å²) >= 11 is 0. The van der Waals surface area contributed by atoms with Crippen molar-refractivity contribution in [3.8, 4) is 5.75 Å². The minimum Gasteiger partial charge on any atom is -0.488 e. The van der Waals surface area contributed by atoms with E-state index in [2.05, 4.69) is 18.7 Å². The third-order valence-corrected chi connectivity index (χ3v) is 3.58. The Morgan fingerprint density at radius 1 is 1.11 bits per heavy atom. The van der Waals surface area contributed by atoms with Crippen LogP contribution in [-0.2, 0) is 4.74 Å². The molecule has 2 unspecified atom stereocenters. The standard InChI is InChI=1S/C16H22O2/c1-12(2)13-8-10-14(11-9-13)18-16-7-5-4-6-15(16)17-3/h8-11,15-16H,1,4-7H2,2-3H3. The van der Waals surface area contributed by atoms with Gasteiger partial charge in [-0.2, -0.15) is 0 Å². The van der Waals surface area contributed by atoms with Crippen molar-refractivity contribution in [3.05, 3.63) is 36.4 Å². The van der Waals surface area contributed by atoms with E-state index in [1.165, 1.54) is 12.8 Å². The van der Waals surface area contributed by atoms with Gasteiger partial charge in [-0.3, -0.25) is 0 Å². The van der Waals surface area contributed by atoms with Gasteiger partial charge in [0, 0.05) is 7.11 Å². The van der Waals surface area contributed by atoms with E-state index in [9.17, 15) is 0 Å². The maximum atomic E-state index is 6.04. The highest BCUT2D eigenvalue weighted by Gasteiger charge is 2.26. The fraction of sp³-hybridized carbons (Fsp3) is 0.500. The van der Waals surface area contributed by atoms with Crippen LogP contribution in [0.4, 0.5) is 0 Å². The van der Waals surface area contributed by atoms with Crippen LogP contribution in [0.15, 0.2) is 30.8 Å². The molecule has 18 heavy (non-hydrogen) atoms. The second-order valence-electron chi connectivity index (χ2n) is 5.02. The molecule has 0 radical (unpaired) electrons. The molecule has 0 N–H and O–H groups in total. The number of hydrogen-bond acceptors (Lipinski definition) is 2. The normalized spacial score (nSPS) is 23.7. The molecule has 0 heterocycles. The van der Waals surface area contributed by atoms with Gasteiger partial charge in [-0.1, -0.05) is 30.7 Å². The van der Waals surface area contributed by atoms with Gasteiger partial charge in [0.15, 0.2) is 0 Å². The van der Waals surface area contributed by atoms with E-state index < -0.39 is 0 Å². The Balaban J connectivity index is 2.01. The molecule has 2 heteroatoms. The molecule has 2 nitrogen and oxygen atoms in total. The molecule has 1 aliphatic rings. The zero-order valence-corrected chi connectivity index (χ0v) is 11.3. The molecule has 2 rings (SSSR count). The highest BCUT2D eigenvalue weighted by Crippen LogP contribution is 2.26. The Bertz CT molecular complexity index is 394. The molecule has 2 atom stereocenters. The van der Waals surface area contributed by atoms with Crippen LogP contribution in [0, 0.1) is 0 Å². The number of ether oxygens (including phenoxy) is 2. The lowest BCUT2D eigenvalue weighted by atomic mass is 9.94. The van der Waals surface area contributed by atoms with Crippen molar-refractivity contribution in [3.63, 3.8) is 0 Å². The molecule has 1 fully saturated rings. The van der Waals surface area contributed by atoms with Crippen molar-refractivity contribution >= 4 is 5.57 Å². The zero-order valence-electron chi connectivity index (χ0n) is 11.3.